The van der Waals surface area contributed by atoms with Gasteiger partial charge in [0, 0.05) is 23.4 Å². The summed E-state index contributed by atoms with van der Waals surface area (Å²) in [5, 5.41) is 1.01. The number of hydrogen-bond donors (Lipinski definition) is 0. The van der Waals surface area contributed by atoms with Crippen LogP contribution in [0.25, 0.3) is 22.0 Å². The van der Waals surface area contributed by atoms with Crippen LogP contribution in [-0.2, 0) is 22.4 Å². The summed E-state index contributed by atoms with van der Waals surface area (Å²) in [6.45, 7) is 2.84. The van der Waals surface area contributed by atoms with Crippen molar-refractivity contribution in [2.75, 3.05) is 13.4 Å². The monoisotopic (exact) mass is 519 g/mol. The molecule has 0 N–H and O–H groups in total. The number of hydrogen-bond acceptors (Lipinski definition) is 4. The van der Waals surface area contributed by atoms with Crippen molar-refractivity contribution in [1.82, 2.24) is 4.98 Å². The Balaban J connectivity index is 0.00000104. The molecule has 0 spiro atoms. The van der Waals surface area contributed by atoms with Crippen LogP contribution in [0.2, 0.25) is 0 Å². The Morgan fingerprint density at radius 3 is 2.64 bits per heavy atom. The quantitative estimate of drug-likeness (QED) is 0.371. The van der Waals surface area contributed by atoms with E-state index >= 15 is 0 Å². The molecule has 1 aliphatic heterocycles. The second kappa shape index (κ2) is 8.90. The summed E-state index contributed by atoms with van der Waals surface area (Å²) in [5.74, 6) is 2.31. The predicted octanol–water partition coefficient (Wildman–Crippen LogP) is 4.73. The molecule has 4 nitrogen and oxygen atoms in total. The van der Waals surface area contributed by atoms with E-state index in [9.17, 15) is 0 Å². The van der Waals surface area contributed by atoms with Crippen LogP contribution in [0.5, 0.6) is 17.2 Å². The molecule has 2 heterocycles. The Bertz CT molecular complexity index is 851. The van der Waals surface area contributed by atoms with E-state index < -0.39 is 0 Å². The summed E-state index contributed by atoms with van der Waals surface area (Å²) in [6, 6.07) is 14.7. The van der Waals surface area contributed by atoms with Crippen LogP contribution in [0.3, 0.4) is 0 Å². The third-order valence-electron chi connectivity index (χ3n) is 3.65. The molecule has 1 aliphatic rings. The fourth-order valence-corrected chi connectivity index (χ4v) is 2.68. The third-order valence-corrected chi connectivity index (χ3v) is 3.65. The molecule has 3 aromatic rings. The van der Waals surface area contributed by atoms with Crippen molar-refractivity contribution in [3.05, 3.63) is 63.5 Å². The van der Waals surface area contributed by atoms with Crippen LogP contribution in [0.4, 0.5) is 0 Å². The Hall–Kier alpha value is -2.01. The number of fused-ring (bicyclic) bond motifs is 2. The minimum atomic E-state index is 0. The normalized spacial score (nSPS) is 11.1. The first-order valence-corrected chi connectivity index (χ1v) is 7.18. The molecule has 0 amide bonds. The van der Waals surface area contributed by atoms with Crippen LogP contribution >= 0.6 is 0 Å². The van der Waals surface area contributed by atoms with Crippen molar-refractivity contribution in [3.8, 4) is 28.4 Å². The number of ether oxygens (including phenoxy) is 3. The van der Waals surface area contributed by atoms with E-state index in [2.05, 4.69) is 11.1 Å². The molecule has 0 bridgehead atoms. The molecular formula is C20H20AuNO3. The zero-order valence-electron chi connectivity index (χ0n) is 14.4. The van der Waals surface area contributed by atoms with E-state index in [-0.39, 0.29) is 44.0 Å². The van der Waals surface area contributed by atoms with Gasteiger partial charge in [-0.3, -0.25) is 4.98 Å². The summed E-state index contributed by atoms with van der Waals surface area (Å²) in [6.07, 6.45) is 1.80. The third kappa shape index (κ3) is 3.82. The minimum absolute atomic E-state index is 0. The van der Waals surface area contributed by atoms with Gasteiger partial charge < -0.3 is 29.1 Å². The average Bonchev–Trinajstić information content (AvgIpc) is 3.00. The molecule has 0 fully saturated rings. The van der Waals surface area contributed by atoms with E-state index in [1.165, 1.54) is 0 Å². The predicted molar refractivity (Wildman–Crippen MR) is 96.1 cm³/mol. The van der Waals surface area contributed by atoms with Gasteiger partial charge in [-0.15, -0.1) is 6.07 Å². The zero-order valence-corrected chi connectivity index (χ0v) is 16.6. The van der Waals surface area contributed by atoms with Crippen LogP contribution in [-0.4, -0.2) is 18.4 Å². The molecular weight excluding hydrogens is 499 g/mol. The molecule has 1 aromatic heterocycles. The zero-order chi connectivity index (χ0) is 14.9. The summed E-state index contributed by atoms with van der Waals surface area (Å²) >= 11 is 0. The van der Waals surface area contributed by atoms with Gasteiger partial charge in [0.25, 0.3) is 0 Å². The van der Waals surface area contributed by atoms with Crippen LogP contribution in [0.15, 0.2) is 42.6 Å². The largest absolute Gasteiger partial charge is 3.00 e. The maximum absolute atomic E-state index is 5.73. The Morgan fingerprint density at radius 2 is 1.88 bits per heavy atom. The van der Waals surface area contributed by atoms with Crippen LogP contribution < -0.4 is 14.2 Å². The van der Waals surface area contributed by atoms with Crippen molar-refractivity contribution in [2.24, 2.45) is 0 Å². The number of nitrogens with zero attached hydrogens (tertiary/aromatic N) is 1. The van der Waals surface area contributed by atoms with Crippen LogP contribution in [0.1, 0.15) is 6.92 Å². The molecule has 0 radical (unpaired) electrons. The Labute approximate surface area is 164 Å². The van der Waals surface area contributed by atoms with Gasteiger partial charge in [0.05, 0.1) is 12.1 Å². The van der Waals surface area contributed by atoms with Gasteiger partial charge in [0.2, 0.25) is 6.79 Å². The van der Waals surface area contributed by atoms with Gasteiger partial charge >= 0.3 is 22.4 Å². The second-order valence-corrected chi connectivity index (χ2v) is 4.94. The van der Waals surface area contributed by atoms with E-state index in [1.807, 2.05) is 43.3 Å². The molecule has 134 valence electrons. The fraction of sp³-hybridized carbons (Fsp3) is 0.150. The topological polar surface area (TPSA) is 40.6 Å². The van der Waals surface area contributed by atoms with Crippen LogP contribution in [0, 0.1) is 20.9 Å². The SMILES string of the molecule is CCOc1c[c-]ccc1-c1ccnc2cc3c(cc12)OCO3.[Au+3].[CH3-].[CH3-]. The van der Waals surface area contributed by atoms with Gasteiger partial charge in [-0.1, -0.05) is 5.56 Å². The first kappa shape index (κ1) is 21.0. The Kier molecular flexibility index (Phi) is 7.49. The van der Waals surface area contributed by atoms with Gasteiger partial charge in [-0.05, 0) is 24.6 Å². The van der Waals surface area contributed by atoms with Crippen molar-refractivity contribution < 1.29 is 36.6 Å². The van der Waals surface area contributed by atoms with Gasteiger partial charge in [-0.25, -0.2) is 0 Å². The fourth-order valence-electron chi connectivity index (χ4n) is 2.68. The van der Waals surface area contributed by atoms with Crippen molar-refractivity contribution in [3.63, 3.8) is 0 Å². The molecule has 4 rings (SSSR count). The second-order valence-electron chi connectivity index (χ2n) is 4.94. The molecule has 0 unspecified atom stereocenters. The molecule has 25 heavy (non-hydrogen) atoms. The summed E-state index contributed by atoms with van der Waals surface area (Å²) < 4.78 is 16.6. The maximum atomic E-state index is 5.73. The van der Waals surface area contributed by atoms with Crippen molar-refractivity contribution in [2.45, 2.75) is 6.92 Å². The average molecular weight is 519 g/mol. The van der Waals surface area contributed by atoms with E-state index in [0.29, 0.717) is 6.61 Å². The minimum Gasteiger partial charge on any atom is -0.551 e. The number of rotatable bonds is 3. The van der Waals surface area contributed by atoms with E-state index in [1.54, 1.807) is 6.20 Å². The van der Waals surface area contributed by atoms with Gasteiger partial charge in [0.1, 0.15) is 0 Å². The number of aromatic nitrogens is 1. The molecule has 0 aliphatic carbocycles. The molecule has 0 saturated heterocycles. The smallest absolute Gasteiger partial charge is 0.551 e. The first-order valence-electron chi connectivity index (χ1n) is 7.18. The van der Waals surface area contributed by atoms with E-state index in [0.717, 1.165) is 39.3 Å². The number of pyridine rings is 1. The Morgan fingerprint density at radius 1 is 1.12 bits per heavy atom. The first-order chi connectivity index (χ1) is 10.9. The summed E-state index contributed by atoms with van der Waals surface area (Å²) in [5.41, 5.74) is 2.95. The molecule has 0 atom stereocenters. The van der Waals surface area contributed by atoms with Gasteiger partial charge in [0.15, 0.2) is 11.5 Å². The molecule has 5 heteroatoms. The summed E-state index contributed by atoms with van der Waals surface area (Å²) in [7, 11) is 0. The summed E-state index contributed by atoms with van der Waals surface area (Å²) in [4.78, 5) is 4.44. The van der Waals surface area contributed by atoms with E-state index in [4.69, 9.17) is 14.2 Å². The maximum Gasteiger partial charge on any atom is 3.00 e. The van der Waals surface area contributed by atoms with Gasteiger partial charge in [-0.2, -0.15) is 18.2 Å². The number of benzene rings is 2. The van der Waals surface area contributed by atoms with Crippen molar-refractivity contribution in [1.29, 1.82) is 0 Å². The standard InChI is InChI=1S/C18H14NO3.2CH3.Au/c1-2-20-16-6-4-3-5-13(16)12-7-8-19-15-10-18-17(9-14(12)15)21-11-22-18;;;/h3,5-10H,2,11H2,1H3;2*1H3;/q3*-1;+3. The molecule has 2 aromatic carbocycles. The van der Waals surface area contributed by atoms with Crippen molar-refractivity contribution >= 4 is 10.9 Å². The molecule has 0 saturated carbocycles.